The van der Waals surface area contributed by atoms with Crippen molar-refractivity contribution in [3.8, 4) is 5.75 Å². The summed E-state index contributed by atoms with van der Waals surface area (Å²) in [7, 11) is 1.61. The van der Waals surface area contributed by atoms with Crippen LogP contribution in [0.25, 0.3) is 0 Å². The van der Waals surface area contributed by atoms with Crippen molar-refractivity contribution in [2.75, 3.05) is 20.3 Å². The molecule has 1 unspecified atom stereocenters. The largest absolute Gasteiger partial charge is 0.490 e. The van der Waals surface area contributed by atoms with Crippen LogP contribution in [0.15, 0.2) is 40.8 Å². The van der Waals surface area contributed by atoms with Crippen LogP contribution in [-0.2, 0) is 4.74 Å². The predicted octanol–water partition coefficient (Wildman–Crippen LogP) is 3.10. The molecule has 0 aliphatic carbocycles. The molecule has 0 fully saturated rings. The summed E-state index contributed by atoms with van der Waals surface area (Å²) in [6.45, 7) is 4.62. The molecule has 118 valence electrons. The highest BCUT2D eigenvalue weighted by molar-refractivity contribution is 5.97. The summed E-state index contributed by atoms with van der Waals surface area (Å²) in [6.07, 6.45) is 0. The maximum Gasteiger partial charge on any atom is 0.255 e. The molecule has 0 bridgehead atoms. The molecule has 1 N–H and O–H groups in total. The Morgan fingerprint density at radius 2 is 2.00 bits per heavy atom. The van der Waals surface area contributed by atoms with Gasteiger partial charge >= 0.3 is 0 Å². The first kappa shape index (κ1) is 16.1. The molecule has 0 saturated carbocycles. The van der Waals surface area contributed by atoms with E-state index in [1.54, 1.807) is 25.3 Å². The van der Waals surface area contributed by atoms with Crippen LogP contribution in [0.2, 0.25) is 0 Å². The van der Waals surface area contributed by atoms with Gasteiger partial charge in [-0.3, -0.25) is 4.79 Å². The van der Waals surface area contributed by atoms with Gasteiger partial charge in [0.1, 0.15) is 23.9 Å². The standard InChI is InChI=1S/C17H21NO4/c1-12-8-9-15(22-12)13(2)18-17(19)14-6-4-5-7-16(14)21-11-10-20-3/h4-9,13H,10-11H2,1-3H3,(H,18,19). The Balaban J connectivity index is 2.05. The van der Waals surface area contributed by atoms with Gasteiger partial charge in [0.15, 0.2) is 0 Å². The van der Waals surface area contributed by atoms with Crippen LogP contribution in [0.4, 0.5) is 0 Å². The van der Waals surface area contributed by atoms with E-state index in [2.05, 4.69) is 5.32 Å². The minimum Gasteiger partial charge on any atom is -0.490 e. The van der Waals surface area contributed by atoms with Crippen molar-refractivity contribution in [2.24, 2.45) is 0 Å². The van der Waals surface area contributed by atoms with Gasteiger partial charge in [-0.15, -0.1) is 0 Å². The fourth-order valence-corrected chi connectivity index (χ4v) is 2.05. The lowest BCUT2D eigenvalue weighted by atomic mass is 10.1. The number of benzene rings is 1. The summed E-state index contributed by atoms with van der Waals surface area (Å²) in [5.74, 6) is 1.89. The number of hydrogen-bond donors (Lipinski definition) is 1. The lowest BCUT2D eigenvalue weighted by Gasteiger charge is -2.14. The normalized spacial score (nSPS) is 12.0. The number of ether oxygens (including phenoxy) is 2. The van der Waals surface area contributed by atoms with Gasteiger partial charge in [0.05, 0.1) is 18.2 Å². The third kappa shape index (κ3) is 4.11. The molecule has 22 heavy (non-hydrogen) atoms. The van der Waals surface area contributed by atoms with E-state index >= 15 is 0 Å². The highest BCUT2D eigenvalue weighted by Gasteiger charge is 2.17. The number of carbonyl (C=O) groups is 1. The number of hydrogen-bond acceptors (Lipinski definition) is 4. The quantitative estimate of drug-likeness (QED) is 0.798. The molecule has 1 atom stereocenters. The van der Waals surface area contributed by atoms with Crippen molar-refractivity contribution >= 4 is 5.91 Å². The highest BCUT2D eigenvalue weighted by atomic mass is 16.5. The van der Waals surface area contributed by atoms with Crippen molar-refractivity contribution in [3.63, 3.8) is 0 Å². The second-order valence-electron chi connectivity index (χ2n) is 4.98. The van der Waals surface area contributed by atoms with Crippen molar-refractivity contribution in [2.45, 2.75) is 19.9 Å². The Bertz CT molecular complexity index is 621. The van der Waals surface area contributed by atoms with Crippen LogP contribution >= 0.6 is 0 Å². The van der Waals surface area contributed by atoms with E-state index in [4.69, 9.17) is 13.9 Å². The Morgan fingerprint density at radius 3 is 2.68 bits per heavy atom. The minimum absolute atomic E-state index is 0.199. The van der Waals surface area contributed by atoms with Crippen molar-refractivity contribution < 1.29 is 18.7 Å². The zero-order valence-corrected chi connectivity index (χ0v) is 13.1. The van der Waals surface area contributed by atoms with Crippen LogP contribution < -0.4 is 10.1 Å². The zero-order chi connectivity index (χ0) is 15.9. The fraction of sp³-hybridized carbons (Fsp3) is 0.353. The summed E-state index contributed by atoms with van der Waals surface area (Å²) in [5, 5.41) is 2.91. The molecule has 1 amide bonds. The van der Waals surface area contributed by atoms with Gasteiger partial charge in [-0.25, -0.2) is 0 Å². The number of para-hydroxylation sites is 1. The molecule has 1 heterocycles. The van der Waals surface area contributed by atoms with E-state index in [0.717, 1.165) is 11.5 Å². The third-order valence-electron chi connectivity index (χ3n) is 3.21. The number of methoxy groups -OCH3 is 1. The maximum absolute atomic E-state index is 12.4. The molecular weight excluding hydrogens is 282 g/mol. The molecule has 0 aliphatic rings. The third-order valence-corrected chi connectivity index (χ3v) is 3.21. The number of furan rings is 1. The second kappa shape index (κ2) is 7.66. The first-order valence-corrected chi connectivity index (χ1v) is 7.19. The molecular formula is C17H21NO4. The molecule has 5 nitrogen and oxygen atoms in total. The van der Waals surface area contributed by atoms with Gasteiger partial charge in [0, 0.05) is 7.11 Å². The number of carbonyl (C=O) groups excluding carboxylic acids is 1. The van der Waals surface area contributed by atoms with Gasteiger partial charge in [-0.2, -0.15) is 0 Å². The van der Waals surface area contributed by atoms with Crippen LogP contribution in [-0.4, -0.2) is 26.2 Å². The van der Waals surface area contributed by atoms with Gasteiger partial charge < -0.3 is 19.2 Å². The van der Waals surface area contributed by atoms with E-state index in [9.17, 15) is 4.79 Å². The van der Waals surface area contributed by atoms with E-state index in [1.807, 2.05) is 32.0 Å². The van der Waals surface area contributed by atoms with E-state index in [1.165, 1.54) is 0 Å². The second-order valence-corrected chi connectivity index (χ2v) is 4.98. The number of rotatable bonds is 7. The molecule has 5 heteroatoms. The van der Waals surface area contributed by atoms with Crippen LogP contribution in [0.3, 0.4) is 0 Å². The topological polar surface area (TPSA) is 60.7 Å². The Labute approximate surface area is 130 Å². The Hall–Kier alpha value is -2.27. The van der Waals surface area contributed by atoms with E-state index in [0.29, 0.717) is 24.5 Å². The minimum atomic E-state index is -0.215. The van der Waals surface area contributed by atoms with Crippen LogP contribution in [0.5, 0.6) is 5.75 Å². The van der Waals surface area contributed by atoms with Crippen LogP contribution in [0, 0.1) is 6.92 Å². The smallest absolute Gasteiger partial charge is 0.255 e. The molecule has 0 radical (unpaired) electrons. The van der Waals surface area contributed by atoms with Gasteiger partial charge in [0.2, 0.25) is 0 Å². The van der Waals surface area contributed by atoms with Crippen molar-refractivity contribution in [1.29, 1.82) is 0 Å². The number of nitrogens with one attached hydrogen (secondary N) is 1. The lowest BCUT2D eigenvalue weighted by molar-refractivity contribution is 0.0927. The first-order chi connectivity index (χ1) is 10.6. The fourth-order valence-electron chi connectivity index (χ4n) is 2.05. The van der Waals surface area contributed by atoms with E-state index in [-0.39, 0.29) is 11.9 Å². The summed E-state index contributed by atoms with van der Waals surface area (Å²) in [5.41, 5.74) is 0.494. The first-order valence-electron chi connectivity index (χ1n) is 7.19. The van der Waals surface area contributed by atoms with Crippen molar-refractivity contribution in [3.05, 3.63) is 53.5 Å². The molecule has 2 aromatic rings. The molecule has 2 rings (SSSR count). The molecule has 0 aliphatic heterocycles. The monoisotopic (exact) mass is 303 g/mol. The maximum atomic E-state index is 12.4. The molecule has 0 spiro atoms. The highest BCUT2D eigenvalue weighted by Crippen LogP contribution is 2.20. The SMILES string of the molecule is COCCOc1ccccc1C(=O)NC(C)c1ccc(C)o1. The summed E-state index contributed by atoms with van der Waals surface area (Å²) in [6, 6.07) is 10.7. The Morgan fingerprint density at radius 1 is 1.23 bits per heavy atom. The van der Waals surface area contributed by atoms with E-state index < -0.39 is 0 Å². The Kier molecular flexibility index (Phi) is 5.61. The average molecular weight is 303 g/mol. The number of amides is 1. The lowest BCUT2D eigenvalue weighted by Crippen LogP contribution is -2.27. The number of aryl methyl sites for hydroxylation is 1. The van der Waals surface area contributed by atoms with Gasteiger partial charge in [0.25, 0.3) is 5.91 Å². The molecule has 1 aromatic carbocycles. The predicted molar refractivity (Wildman–Crippen MR) is 83.1 cm³/mol. The summed E-state index contributed by atoms with van der Waals surface area (Å²) >= 11 is 0. The van der Waals surface area contributed by atoms with Crippen LogP contribution in [0.1, 0.15) is 34.8 Å². The molecule has 0 saturated heterocycles. The van der Waals surface area contributed by atoms with Gasteiger partial charge in [-0.05, 0) is 38.1 Å². The zero-order valence-electron chi connectivity index (χ0n) is 13.1. The summed E-state index contributed by atoms with van der Waals surface area (Å²) in [4.78, 5) is 12.4. The average Bonchev–Trinajstić information content (AvgIpc) is 2.94. The van der Waals surface area contributed by atoms with Gasteiger partial charge in [-0.1, -0.05) is 12.1 Å². The van der Waals surface area contributed by atoms with Crippen molar-refractivity contribution in [1.82, 2.24) is 5.32 Å². The summed E-state index contributed by atoms with van der Waals surface area (Å²) < 4.78 is 16.1. The molecule has 1 aromatic heterocycles.